The minimum atomic E-state index is -0.420. The van der Waals surface area contributed by atoms with Gasteiger partial charge in [0.2, 0.25) is 0 Å². The van der Waals surface area contributed by atoms with Gasteiger partial charge in [-0.1, -0.05) is 6.42 Å². The second-order valence-corrected chi connectivity index (χ2v) is 8.66. The molecule has 3 heterocycles. The second-order valence-electron chi connectivity index (χ2n) is 7.58. The summed E-state index contributed by atoms with van der Waals surface area (Å²) in [6, 6.07) is 8.19. The van der Waals surface area contributed by atoms with Gasteiger partial charge in [0.15, 0.2) is 11.6 Å². The number of fused-ring (bicyclic) bond motifs is 3. The van der Waals surface area contributed by atoms with Gasteiger partial charge in [-0.3, -0.25) is 14.9 Å². The van der Waals surface area contributed by atoms with Gasteiger partial charge >= 0.3 is 0 Å². The van der Waals surface area contributed by atoms with Crippen molar-refractivity contribution in [1.29, 1.82) is 0 Å². The Bertz CT molecular complexity index is 1350. The van der Waals surface area contributed by atoms with E-state index in [-0.39, 0.29) is 11.2 Å². The van der Waals surface area contributed by atoms with Gasteiger partial charge in [0.1, 0.15) is 10.6 Å². The Hall–Kier alpha value is -3.26. The molecule has 5 rings (SSSR count). The van der Waals surface area contributed by atoms with Crippen LogP contribution in [0.1, 0.15) is 35.3 Å². The molecule has 1 aromatic carbocycles. The first-order valence-electron chi connectivity index (χ1n) is 9.91. The minimum Gasteiger partial charge on any atom is -0.453 e. The van der Waals surface area contributed by atoms with Crippen molar-refractivity contribution < 1.29 is 9.34 Å². The number of nitro groups is 1. The molecule has 0 aliphatic heterocycles. The number of H-pyrrole nitrogens is 1. The lowest BCUT2D eigenvalue weighted by Crippen LogP contribution is -2.09. The van der Waals surface area contributed by atoms with Gasteiger partial charge in [0.25, 0.3) is 11.2 Å². The van der Waals surface area contributed by atoms with Crippen molar-refractivity contribution in [2.24, 2.45) is 0 Å². The van der Waals surface area contributed by atoms with Gasteiger partial charge in [-0.15, -0.1) is 11.3 Å². The molecular weight excluding hydrogens is 402 g/mol. The van der Waals surface area contributed by atoms with Crippen molar-refractivity contribution in [1.82, 2.24) is 9.97 Å². The van der Waals surface area contributed by atoms with Crippen LogP contribution >= 0.6 is 11.3 Å². The van der Waals surface area contributed by atoms with Gasteiger partial charge in [-0.05, 0) is 61.9 Å². The molecule has 1 aliphatic carbocycles. The highest BCUT2D eigenvalue weighted by Crippen LogP contribution is 2.35. The third-order valence-corrected chi connectivity index (χ3v) is 6.79. The predicted octanol–water partition coefficient (Wildman–Crippen LogP) is 5.40. The Morgan fingerprint density at radius 1 is 1.13 bits per heavy atom. The number of non-ortho nitro benzene ring substituents is 1. The first kappa shape index (κ1) is 18.7. The molecule has 152 valence electrons. The summed E-state index contributed by atoms with van der Waals surface area (Å²) in [4.78, 5) is 33.0. The van der Waals surface area contributed by atoms with Crippen LogP contribution in [0.25, 0.3) is 33.1 Å². The van der Waals surface area contributed by atoms with E-state index < -0.39 is 4.92 Å². The maximum atomic E-state index is 12.9. The van der Waals surface area contributed by atoms with Gasteiger partial charge in [-0.25, -0.2) is 4.98 Å². The smallest absolute Gasteiger partial charge is 0.269 e. The van der Waals surface area contributed by atoms with Gasteiger partial charge in [0, 0.05) is 22.6 Å². The summed E-state index contributed by atoms with van der Waals surface area (Å²) in [5.41, 5.74) is 2.58. The molecule has 8 heteroatoms. The molecule has 0 radical (unpaired) electrons. The Kier molecular flexibility index (Phi) is 4.51. The summed E-state index contributed by atoms with van der Waals surface area (Å²) in [7, 11) is 0. The molecule has 1 aliphatic rings. The van der Waals surface area contributed by atoms with Crippen LogP contribution in [0.3, 0.4) is 0 Å². The number of furan rings is 1. The van der Waals surface area contributed by atoms with Crippen molar-refractivity contribution in [3.05, 3.63) is 66.8 Å². The number of nitrogens with zero attached hydrogens (tertiary/aromatic N) is 2. The van der Waals surface area contributed by atoms with Crippen molar-refractivity contribution in [3.63, 3.8) is 0 Å². The first-order valence-corrected chi connectivity index (χ1v) is 10.7. The second kappa shape index (κ2) is 7.21. The number of nitrogens with one attached hydrogen (secondary N) is 1. The lowest BCUT2D eigenvalue weighted by atomic mass is 10.1. The highest BCUT2D eigenvalue weighted by molar-refractivity contribution is 7.18. The Morgan fingerprint density at radius 3 is 2.73 bits per heavy atom. The maximum Gasteiger partial charge on any atom is 0.269 e. The number of aromatic nitrogens is 2. The summed E-state index contributed by atoms with van der Waals surface area (Å²) in [6.45, 7) is 1.80. The number of aromatic amines is 1. The molecule has 0 fully saturated rings. The predicted molar refractivity (Wildman–Crippen MR) is 116 cm³/mol. The van der Waals surface area contributed by atoms with Crippen LogP contribution in [0, 0.1) is 17.0 Å². The van der Waals surface area contributed by atoms with Crippen molar-refractivity contribution in [2.75, 3.05) is 0 Å². The molecule has 0 spiro atoms. The van der Waals surface area contributed by atoms with E-state index in [2.05, 4.69) is 9.97 Å². The van der Waals surface area contributed by atoms with Crippen LogP contribution in [-0.2, 0) is 12.8 Å². The van der Waals surface area contributed by atoms with Crippen LogP contribution in [0.4, 0.5) is 5.69 Å². The highest BCUT2D eigenvalue weighted by atomic mass is 32.1. The zero-order valence-corrected chi connectivity index (χ0v) is 17.2. The first-order chi connectivity index (χ1) is 14.5. The summed E-state index contributed by atoms with van der Waals surface area (Å²) in [6.07, 6.45) is 5.40. The third-order valence-electron chi connectivity index (χ3n) is 5.60. The normalized spacial score (nSPS) is 13.9. The quantitative estimate of drug-likeness (QED) is 0.271. The SMILES string of the molecule is Cc1cc([N+](=O)[O-])ccc1-c1ccc(-c2nc3sc4c(c3c(=O)[nH]2)CCCCC4)o1. The molecule has 0 saturated carbocycles. The monoisotopic (exact) mass is 421 g/mol. The van der Waals surface area contributed by atoms with E-state index in [1.807, 2.05) is 0 Å². The summed E-state index contributed by atoms with van der Waals surface area (Å²) >= 11 is 1.61. The zero-order valence-electron chi connectivity index (χ0n) is 16.4. The Labute approximate surface area is 175 Å². The van der Waals surface area contributed by atoms with Crippen LogP contribution in [-0.4, -0.2) is 14.9 Å². The lowest BCUT2D eigenvalue weighted by molar-refractivity contribution is -0.384. The minimum absolute atomic E-state index is 0.0388. The fourth-order valence-corrected chi connectivity index (χ4v) is 5.37. The number of rotatable bonds is 3. The number of nitro benzene ring substituents is 1. The zero-order chi connectivity index (χ0) is 20.8. The standard InChI is InChI=1S/C22H19N3O4S/c1-12-11-13(25(27)28)7-8-14(12)16-9-10-17(29-16)20-23-21(26)19-15-5-3-2-4-6-18(15)30-22(19)24-20/h7-11H,2-6H2,1H3,(H,23,24,26). The highest BCUT2D eigenvalue weighted by Gasteiger charge is 2.20. The van der Waals surface area contributed by atoms with E-state index in [0.717, 1.165) is 52.6 Å². The maximum absolute atomic E-state index is 12.9. The number of benzene rings is 1. The van der Waals surface area contributed by atoms with Crippen LogP contribution in [0.5, 0.6) is 0 Å². The fraction of sp³-hybridized carbons (Fsp3) is 0.273. The number of hydrogen-bond acceptors (Lipinski definition) is 6. The van der Waals surface area contributed by atoms with Crippen molar-refractivity contribution >= 4 is 27.2 Å². The molecule has 0 bridgehead atoms. The third kappa shape index (κ3) is 3.13. The average molecular weight is 421 g/mol. The molecule has 1 N–H and O–H groups in total. The number of thiophene rings is 1. The van der Waals surface area contributed by atoms with Crippen LogP contribution in [0.15, 0.2) is 39.5 Å². The van der Waals surface area contributed by atoms with Crippen molar-refractivity contribution in [3.8, 4) is 22.9 Å². The van der Waals surface area contributed by atoms with Gasteiger partial charge in [-0.2, -0.15) is 0 Å². The molecule has 7 nitrogen and oxygen atoms in total. The summed E-state index contributed by atoms with van der Waals surface area (Å²) in [5, 5.41) is 11.7. The van der Waals surface area contributed by atoms with E-state index in [1.165, 1.54) is 23.4 Å². The van der Waals surface area contributed by atoms with E-state index in [0.29, 0.717) is 17.3 Å². The lowest BCUT2D eigenvalue weighted by Gasteiger charge is -2.03. The van der Waals surface area contributed by atoms with Crippen LogP contribution in [0.2, 0.25) is 0 Å². The van der Waals surface area contributed by atoms with E-state index in [1.54, 1.807) is 36.5 Å². The molecule has 3 aromatic heterocycles. The Balaban J connectivity index is 1.55. The van der Waals surface area contributed by atoms with Gasteiger partial charge < -0.3 is 9.40 Å². The molecule has 0 unspecified atom stereocenters. The molecule has 4 aromatic rings. The molecule has 0 amide bonds. The van der Waals surface area contributed by atoms with Gasteiger partial charge in [0.05, 0.1) is 10.3 Å². The topological polar surface area (TPSA) is 102 Å². The van der Waals surface area contributed by atoms with E-state index in [4.69, 9.17) is 4.42 Å². The Morgan fingerprint density at radius 2 is 1.93 bits per heavy atom. The average Bonchev–Trinajstić information content (AvgIpc) is 3.27. The number of aryl methyl sites for hydroxylation is 3. The van der Waals surface area contributed by atoms with E-state index >= 15 is 0 Å². The summed E-state index contributed by atoms with van der Waals surface area (Å²) < 4.78 is 5.97. The fourth-order valence-electron chi connectivity index (χ4n) is 4.11. The largest absolute Gasteiger partial charge is 0.453 e. The molecule has 0 saturated heterocycles. The van der Waals surface area contributed by atoms with E-state index in [9.17, 15) is 14.9 Å². The van der Waals surface area contributed by atoms with Crippen LogP contribution < -0.4 is 5.56 Å². The summed E-state index contributed by atoms with van der Waals surface area (Å²) in [5.74, 6) is 1.43. The molecule has 0 atom stereocenters. The van der Waals surface area contributed by atoms with Crippen molar-refractivity contribution in [2.45, 2.75) is 39.0 Å². The number of hydrogen-bond donors (Lipinski definition) is 1. The molecular formula is C22H19N3O4S. The molecule has 30 heavy (non-hydrogen) atoms.